The predicted octanol–water partition coefficient (Wildman–Crippen LogP) is 3.18. The first kappa shape index (κ1) is 20.4. The van der Waals surface area contributed by atoms with Gasteiger partial charge in [0.2, 0.25) is 0 Å². The lowest BCUT2D eigenvalue weighted by molar-refractivity contribution is -0.117. The summed E-state index contributed by atoms with van der Waals surface area (Å²) in [5.41, 5.74) is 4.12. The molecule has 1 aliphatic heterocycles. The number of piperidine rings is 1. The summed E-state index contributed by atoms with van der Waals surface area (Å²) in [5, 5.41) is 12.5. The third-order valence-corrected chi connectivity index (χ3v) is 6.18. The molecule has 0 radical (unpaired) electrons. The van der Waals surface area contributed by atoms with Gasteiger partial charge in [0, 0.05) is 19.3 Å². The molecule has 1 amide bonds. The van der Waals surface area contributed by atoms with E-state index in [9.17, 15) is 10.1 Å². The number of hydrogen-bond acceptors (Lipinski definition) is 4. The van der Waals surface area contributed by atoms with E-state index in [2.05, 4.69) is 41.5 Å². The fourth-order valence-corrected chi connectivity index (χ4v) is 4.23. The van der Waals surface area contributed by atoms with E-state index in [1.54, 1.807) is 6.20 Å². The van der Waals surface area contributed by atoms with E-state index in [0.29, 0.717) is 6.04 Å². The zero-order valence-corrected chi connectivity index (χ0v) is 17.4. The first-order valence-corrected chi connectivity index (χ1v) is 10.4. The molecule has 0 bridgehead atoms. The van der Waals surface area contributed by atoms with E-state index >= 15 is 0 Å². The maximum Gasteiger partial charge on any atom is 0.263 e. The van der Waals surface area contributed by atoms with Gasteiger partial charge in [0.15, 0.2) is 0 Å². The van der Waals surface area contributed by atoms with Crippen LogP contribution in [-0.4, -0.2) is 48.9 Å². The first-order valence-electron chi connectivity index (χ1n) is 10.4. The first-order chi connectivity index (χ1) is 13.5. The van der Waals surface area contributed by atoms with Crippen LogP contribution in [0, 0.1) is 11.3 Å². The van der Waals surface area contributed by atoms with Gasteiger partial charge in [0.1, 0.15) is 11.6 Å². The molecule has 1 atom stereocenters. The second kappa shape index (κ2) is 9.25. The van der Waals surface area contributed by atoms with Crippen LogP contribution >= 0.6 is 0 Å². The van der Waals surface area contributed by atoms with Crippen LogP contribution in [-0.2, 0) is 17.6 Å². The van der Waals surface area contributed by atoms with Crippen LogP contribution < -0.4 is 5.32 Å². The minimum absolute atomic E-state index is 0.120. The largest absolute Gasteiger partial charge is 0.376 e. The summed E-state index contributed by atoms with van der Waals surface area (Å²) in [7, 11) is 4.09. The smallest absolute Gasteiger partial charge is 0.263 e. The molecule has 0 saturated carbocycles. The Morgan fingerprint density at radius 3 is 2.64 bits per heavy atom. The van der Waals surface area contributed by atoms with Crippen molar-refractivity contribution in [2.45, 2.75) is 57.5 Å². The Morgan fingerprint density at radius 2 is 1.96 bits per heavy atom. The number of nitrogens with zero attached hydrogens (tertiary/aromatic N) is 3. The molecule has 150 valence electrons. The summed E-state index contributed by atoms with van der Waals surface area (Å²) in [6.45, 7) is 4.08. The van der Waals surface area contributed by atoms with E-state index < -0.39 is 0 Å². The second-order valence-corrected chi connectivity index (χ2v) is 8.28. The van der Waals surface area contributed by atoms with Crippen molar-refractivity contribution >= 4 is 5.91 Å². The molecule has 5 nitrogen and oxygen atoms in total. The number of nitrogens with one attached hydrogen (secondary N) is 1. The van der Waals surface area contributed by atoms with Crippen LogP contribution in [0.3, 0.4) is 0 Å². The van der Waals surface area contributed by atoms with Crippen LogP contribution in [0.15, 0.2) is 30.0 Å². The Hall–Kier alpha value is -2.32. The average Bonchev–Trinajstić information content (AvgIpc) is 2.71. The van der Waals surface area contributed by atoms with Crippen molar-refractivity contribution in [1.82, 2.24) is 15.1 Å². The number of rotatable bonds is 5. The summed E-state index contributed by atoms with van der Waals surface area (Å²) in [6.07, 6.45) is 8.59. The number of likely N-dealkylation sites (tertiary alicyclic amines) is 1. The molecule has 5 heteroatoms. The van der Waals surface area contributed by atoms with Crippen molar-refractivity contribution in [2.75, 3.05) is 27.2 Å². The number of hydrogen-bond donors (Lipinski definition) is 1. The van der Waals surface area contributed by atoms with Gasteiger partial charge in [-0.1, -0.05) is 18.2 Å². The van der Waals surface area contributed by atoms with Gasteiger partial charge in [-0.05, 0) is 82.3 Å². The number of aryl methyl sites for hydroxylation is 2. The normalized spacial score (nSPS) is 19.4. The highest BCUT2D eigenvalue weighted by molar-refractivity contribution is 5.97. The van der Waals surface area contributed by atoms with Crippen LogP contribution in [0.5, 0.6) is 0 Å². The Morgan fingerprint density at radius 1 is 1.29 bits per heavy atom. The molecule has 1 aromatic rings. The molecule has 1 fully saturated rings. The fourth-order valence-electron chi connectivity index (χ4n) is 4.23. The van der Waals surface area contributed by atoms with Crippen LogP contribution in [0.25, 0.3) is 0 Å². The summed E-state index contributed by atoms with van der Waals surface area (Å²) in [5.74, 6) is -0.299. The highest BCUT2D eigenvalue weighted by atomic mass is 16.1. The van der Waals surface area contributed by atoms with Crippen molar-refractivity contribution in [3.8, 4) is 6.07 Å². The van der Waals surface area contributed by atoms with E-state index in [4.69, 9.17) is 0 Å². The van der Waals surface area contributed by atoms with Gasteiger partial charge in [-0.25, -0.2) is 0 Å². The molecular weight excluding hydrogens is 348 g/mol. The van der Waals surface area contributed by atoms with Crippen LogP contribution in [0.1, 0.15) is 55.3 Å². The van der Waals surface area contributed by atoms with E-state index in [1.165, 1.54) is 24.0 Å². The number of fused-ring (bicyclic) bond motifs is 1. The molecule has 1 aliphatic carbocycles. The van der Waals surface area contributed by atoms with Gasteiger partial charge in [0.05, 0.1) is 6.04 Å². The Kier molecular flexibility index (Phi) is 6.74. The van der Waals surface area contributed by atoms with Gasteiger partial charge in [-0.15, -0.1) is 0 Å². The third-order valence-electron chi connectivity index (χ3n) is 6.18. The van der Waals surface area contributed by atoms with Crippen LogP contribution in [0.4, 0.5) is 0 Å². The third kappa shape index (κ3) is 4.94. The molecule has 1 unspecified atom stereocenters. The Balaban J connectivity index is 1.64. The molecule has 1 heterocycles. The van der Waals surface area contributed by atoms with Crippen LogP contribution in [0.2, 0.25) is 0 Å². The highest BCUT2D eigenvalue weighted by Gasteiger charge is 2.21. The molecule has 1 aromatic carbocycles. The minimum Gasteiger partial charge on any atom is -0.376 e. The van der Waals surface area contributed by atoms with E-state index in [0.717, 1.165) is 44.3 Å². The van der Waals surface area contributed by atoms with Crippen molar-refractivity contribution in [1.29, 1.82) is 5.26 Å². The maximum absolute atomic E-state index is 12.7. The monoisotopic (exact) mass is 380 g/mol. The Bertz CT molecular complexity index is 771. The van der Waals surface area contributed by atoms with Gasteiger partial charge in [-0.2, -0.15) is 5.26 Å². The molecule has 0 aromatic heterocycles. The molecule has 1 N–H and O–H groups in total. The topological polar surface area (TPSA) is 59.4 Å². The second-order valence-electron chi connectivity index (χ2n) is 8.28. The summed E-state index contributed by atoms with van der Waals surface area (Å²) in [6, 6.07) is 8.87. The number of amides is 1. The number of carbonyl (C=O) groups excluding carboxylic acids is 1. The molecule has 0 spiro atoms. The SMILES string of the molecule is CC(NC(=O)/C(C#N)=C\N(C)C1CCN(C)CC1)c1ccc2c(c1)CCCC2. The zero-order chi connectivity index (χ0) is 20.1. The zero-order valence-electron chi connectivity index (χ0n) is 17.4. The van der Waals surface area contributed by atoms with Crippen molar-refractivity contribution in [3.63, 3.8) is 0 Å². The Labute approximate surface area is 169 Å². The minimum atomic E-state index is -0.299. The summed E-state index contributed by atoms with van der Waals surface area (Å²) >= 11 is 0. The number of carbonyl (C=O) groups is 1. The van der Waals surface area contributed by atoms with Gasteiger partial charge in [0.25, 0.3) is 5.91 Å². The molecule has 1 saturated heterocycles. The maximum atomic E-state index is 12.7. The highest BCUT2D eigenvalue weighted by Crippen LogP contribution is 2.25. The summed E-state index contributed by atoms with van der Waals surface area (Å²) in [4.78, 5) is 17.0. The van der Waals surface area contributed by atoms with Crippen molar-refractivity contribution in [2.24, 2.45) is 0 Å². The number of nitriles is 1. The van der Waals surface area contributed by atoms with E-state index in [1.807, 2.05) is 18.9 Å². The van der Waals surface area contributed by atoms with Gasteiger partial charge < -0.3 is 15.1 Å². The molecule has 28 heavy (non-hydrogen) atoms. The molecule has 2 aliphatic rings. The molecule has 3 rings (SSSR count). The lowest BCUT2D eigenvalue weighted by Crippen LogP contribution is -2.40. The molecular formula is C23H32N4O. The van der Waals surface area contributed by atoms with Crippen molar-refractivity contribution in [3.05, 3.63) is 46.7 Å². The van der Waals surface area contributed by atoms with Gasteiger partial charge in [-0.3, -0.25) is 4.79 Å². The quantitative estimate of drug-likeness (QED) is 0.630. The lowest BCUT2D eigenvalue weighted by atomic mass is 9.89. The predicted molar refractivity (Wildman–Crippen MR) is 112 cm³/mol. The average molecular weight is 381 g/mol. The van der Waals surface area contributed by atoms with Crippen molar-refractivity contribution < 1.29 is 4.79 Å². The fraction of sp³-hybridized carbons (Fsp3) is 0.565. The standard InChI is InChI=1S/C23H32N4O/c1-17(19-9-8-18-6-4-5-7-20(18)14-19)25-23(28)21(15-24)16-27(3)22-10-12-26(2)13-11-22/h8-9,14,16-17,22H,4-7,10-13H2,1-3H3,(H,25,28)/b21-16-. The number of benzene rings is 1. The van der Waals surface area contributed by atoms with E-state index in [-0.39, 0.29) is 17.5 Å². The van der Waals surface area contributed by atoms with Gasteiger partial charge >= 0.3 is 0 Å². The lowest BCUT2D eigenvalue weighted by Gasteiger charge is -2.34. The summed E-state index contributed by atoms with van der Waals surface area (Å²) < 4.78 is 0.